The summed E-state index contributed by atoms with van der Waals surface area (Å²) in [5.74, 6) is -1.04. The number of hydrogen-bond donors (Lipinski definition) is 1. The molecule has 108 valence electrons. The van der Waals surface area contributed by atoms with Gasteiger partial charge >= 0.3 is 11.9 Å². The lowest BCUT2D eigenvalue weighted by Gasteiger charge is -2.20. The molecule has 1 aromatic rings. The van der Waals surface area contributed by atoms with Gasteiger partial charge in [-0.15, -0.1) is 0 Å². The van der Waals surface area contributed by atoms with Crippen LogP contribution in [0, 0.1) is 12.8 Å². The van der Waals surface area contributed by atoms with Gasteiger partial charge in [0, 0.05) is 6.04 Å². The molecule has 1 fully saturated rings. The van der Waals surface area contributed by atoms with Gasteiger partial charge in [0.2, 0.25) is 0 Å². The van der Waals surface area contributed by atoms with E-state index in [-0.39, 0.29) is 23.9 Å². The zero-order chi connectivity index (χ0) is 14.7. The van der Waals surface area contributed by atoms with E-state index in [1.807, 2.05) is 31.2 Å². The summed E-state index contributed by atoms with van der Waals surface area (Å²) in [6.45, 7) is 1.98. The van der Waals surface area contributed by atoms with Crippen LogP contribution in [0.1, 0.15) is 23.6 Å². The molecular weight excluding hydrogens is 258 g/mol. The zero-order valence-electron chi connectivity index (χ0n) is 11.9. The van der Waals surface area contributed by atoms with Crippen LogP contribution in [0.2, 0.25) is 0 Å². The molecule has 0 unspecified atom stereocenters. The highest BCUT2D eigenvalue weighted by atomic mass is 16.5. The minimum Gasteiger partial charge on any atom is -0.469 e. The van der Waals surface area contributed by atoms with Crippen molar-refractivity contribution in [2.45, 2.75) is 25.4 Å². The number of methoxy groups -OCH3 is 2. The second kappa shape index (κ2) is 6.05. The van der Waals surface area contributed by atoms with E-state index in [2.05, 4.69) is 5.32 Å². The average molecular weight is 277 g/mol. The molecule has 3 atom stereocenters. The quantitative estimate of drug-likeness (QED) is 0.845. The Bertz CT molecular complexity index is 514. The van der Waals surface area contributed by atoms with Gasteiger partial charge in [-0.05, 0) is 24.5 Å². The minimum atomic E-state index is -0.478. The Morgan fingerprint density at radius 2 is 1.80 bits per heavy atom. The molecule has 0 amide bonds. The number of aryl methyl sites for hydroxylation is 1. The Kier molecular flexibility index (Phi) is 4.39. The van der Waals surface area contributed by atoms with Crippen LogP contribution in [-0.2, 0) is 19.1 Å². The van der Waals surface area contributed by atoms with E-state index < -0.39 is 6.04 Å². The van der Waals surface area contributed by atoms with Crippen molar-refractivity contribution in [2.24, 2.45) is 5.92 Å². The van der Waals surface area contributed by atoms with Gasteiger partial charge < -0.3 is 9.47 Å². The van der Waals surface area contributed by atoms with Crippen molar-refractivity contribution >= 4 is 11.9 Å². The molecule has 5 nitrogen and oxygen atoms in total. The molecule has 0 saturated carbocycles. The van der Waals surface area contributed by atoms with Crippen molar-refractivity contribution in [3.8, 4) is 0 Å². The van der Waals surface area contributed by atoms with Crippen LogP contribution in [0.3, 0.4) is 0 Å². The van der Waals surface area contributed by atoms with Crippen LogP contribution in [0.25, 0.3) is 0 Å². The Morgan fingerprint density at radius 3 is 2.40 bits per heavy atom. The fourth-order valence-corrected chi connectivity index (χ4v) is 2.72. The van der Waals surface area contributed by atoms with Crippen LogP contribution in [0.4, 0.5) is 0 Å². The van der Waals surface area contributed by atoms with E-state index in [1.54, 1.807) is 0 Å². The van der Waals surface area contributed by atoms with E-state index in [0.29, 0.717) is 6.42 Å². The fraction of sp³-hybridized carbons (Fsp3) is 0.467. The smallest absolute Gasteiger partial charge is 0.322 e. The summed E-state index contributed by atoms with van der Waals surface area (Å²) in [5.41, 5.74) is 2.08. The first kappa shape index (κ1) is 14.5. The van der Waals surface area contributed by atoms with Crippen molar-refractivity contribution in [3.05, 3.63) is 35.4 Å². The predicted octanol–water partition coefficient (Wildman–Crippen LogP) is 1.36. The maximum Gasteiger partial charge on any atom is 0.322 e. The maximum atomic E-state index is 12.0. The summed E-state index contributed by atoms with van der Waals surface area (Å²) in [7, 11) is 2.71. The van der Waals surface area contributed by atoms with E-state index >= 15 is 0 Å². The number of esters is 2. The van der Waals surface area contributed by atoms with E-state index in [0.717, 1.165) is 11.1 Å². The summed E-state index contributed by atoms with van der Waals surface area (Å²) in [6.07, 6.45) is 0.387. The molecule has 1 aliphatic rings. The van der Waals surface area contributed by atoms with E-state index in [9.17, 15) is 9.59 Å². The van der Waals surface area contributed by atoms with E-state index in [1.165, 1.54) is 14.2 Å². The van der Waals surface area contributed by atoms with Gasteiger partial charge in [-0.2, -0.15) is 0 Å². The van der Waals surface area contributed by atoms with Crippen LogP contribution in [0.15, 0.2) is 24.3 Å². The molecule has 2 rings (SSSR count). The van der Waals surface area contributed by atoms with Crippen molar-refractivity contribution in [2.75, 3.05) is 14.2 Å². The number of benzene rings is 1. The highest BCUT2D eigenvalue weighted by Gasteiger charge is 2.43. The molecule has 0 aliphatic carbocycles. The monoisotopic (exact) mass is 277 g/mol. The number of rotatable bonds is 3. The topological polar surface area (TPSA) is 64.6 Å². The van der Waals surface area contributed by atoms with Crippen LogP contribution in [0.5, 0.6) is 0 Å². The van der Waals surface area contributed by atoms with Crippen molar-refractivity contribution in [3.63, 3.8) is 0 Å². The number of carbonyl (C=O) groups is 2. The van der Waals surface area contributed by atoms with Gasteiger partial charge in [0.1, 0.15) is 6.04 Å². The Balaban J connectivity index is 2.31. The largest absolute Gasteiger partial charge is 0.469 e. The molecule has 0 radical (unpaired) electrons. The second-order valence-electron chi connectivity index (χ2n) is 4.94. The molecule has 0 spiro atoms. The molecular formula is C15H19NO4. The molecule has 1 aliphatic heterocycles. The standard InChI is InChI=1S/C15H19NO4/c1-9-6-4-5-7-10(9)13-11(14(17)19-2)8-12(16-13)15(18)20-3/h4-7,11-13,16H,8H2,1-3H3/t11-,12+,13+/m0/s1. The van der Waals surface area contributed by atoms with Crippen LogP contribution in [-0.4, -0.2) is 32.2 Å². The molecule has 0 bridgehead atoms. The lowest BCUT2D eigenvalue weighted by Crippen LogP contribution is -2.33. The SMILES string of the molecule is COC(=O)[C@H]1C[C@H](C(=O)OC)N[C@@H]1c1ccccc1C. The van der Waals surface area contributed by atoms with Gasteiger partial charge in [-0.1, -0.05) is 24.3 Å². The summed E-state index contributed by atoms with van der Waals surface area (Å²) in [6, 6.07) is 7.10. The third-order valence-corrected chi connectivity index (χ3v) is 3.79. The summed E-state index contributed by atoms with van der Waals surface area (Å²) in [5, 5.41) is 3.19. The number of nitrogens with one attached hydrogen (secondary N) is 1. The first-order valence-electron chi connectivity index (χ1n) is 6.55. The summed E-state index contributed by atoms with van der Waals surface area (Å²) in [4.78, 5) is 23.6. The average Bonchev–Trinajstić information content (AvgIpc) is 2.91. The normalized spacial score (nSPS) is 25.2. The Labute approximate surface area is 118 Å². The van der Waals surface area contributed by atoms with Gasteiger partial charge in [-0.25, -0.2) is 0 Å². The summed E-state index contributed by atoms with van der Waals surface area (Å²) >= 11 is 0. The number of ether oxygens (including phenoxy) is 2. The summed E-state index contributed by atoms with van der Waals surface area (Å²) < 4.78 is 9.61. The third-order valence-electron chi connectivity index (χ3n) is 3.79. The highest BCUT2D eigenvalue weighted by Crippen LogP contribution is 2.35. The lowest BCUT2D eigenvalue weighted by molar-refractivity contribution is -0.146. The van der Waals surface area contributed by atoms with Crippen molar-refractivity contribution in [1.29, 1.82) is 0 Å². The molecule has 1 saturated heterocycles. The lowest BCUT2D eigenvalue weighted by atomic mass is 9.91. The van der Waals surface area contributed by atoms with Crippen molar-refractivity contribution in [1.82, 2.24) is 5.32 Å². The van der Waals surface area contributed by atoms with Crippen LogP contribution >= 0.6 is 0 Å². The van der Waals surface area contributed by atoms with E-state index in [4.69, 9.17) is 9.47 Å². The third kappa shape index (κ3) is 2.67. The van der Waals surface area contributed by atoms with Gasteiger partial charge in [0.15, 0.2) is 0 Å². The molecule has 1 heterocycles. The van der Waals surface area contributed by atoms with Gasteiger partial charge in [-0.3, -0.25) is 14.9 Å². The minimum absolute atomic E-state index is 0.229. The Hall–Kier alpha value is -1.88. The maximum absolute atomic E-state index is 12.0. The predicted molar refractivity (Wildman–Crippen MR) is 73.0 cm³/mol. The Morgan fingerprint density at radius 1 is 1.15 bits per heavy atom. The molecule has 1 aromatic carbocycles. The molecule has 20 heavy (non-hydrogen) atoms. The first-order valence-corrected chi connectivity index (χ1v) is 6.55. The fourth-order valence-electron chi connectivity index (χ4n) is 2.72. The van der Waals surface area contributed by atoms with Gasteiger partial charge in [0.05, 0.1) is 20.1 Å². The van der Waals surface area contributed by atoms with Crippen molar-refractivity contribution < 1.29 is 19.1 Å². The molecule has 1 N–H and O–H groups in total. The zero-order valence-corrected chi connectivity index (χ0v) is 11.9. The highest BCUT2D eigenvalue weighted by molar-refractivity contribution is 5.80. The molecule has 0 aromatic heterocycles. The second-order valence-corrected chi connectivity index (χ2v) is 4.94. The van der Waals surface area contributed by atoms with Gasteiger partial charge in [0.25, 0.3) is 0 Å². The van der Waals surface area contributed by atoms with Crippen LogP contribution < -0.4 is 5.32 Å². The molecule has 5 heteroatoms. The number of carbonyl (C=O) groups excluding carboxylic acids is 2. The number of hydrogen-bond acceptors (Lipinski definition) is 5. The first-order chi connectivity index (χ1) is 9.58.